The third-order valence-corrected chi connectivity index (χ3v) is 3.53. The van der Waals surface area contributed by atoms with Crippen LogP contribution >= 0.6 is 12.4 Å². The van der Waals surface area contributed by atoms with Crippen molar-refractivity contribution in [1.29, 1.82) is 0 Å². The highest BCUT2D eigenvalue weighted by molar-refractivity contribution is 5.85. The van der Waals surface area contributed by atoms with Gasteiger partial charge in [-0.2, -0.15) is 0 Å². The highest BCUT2D eigenvalue weighted by Crippen LogP contribution is 2.20. The smallest absolute Gasteiger partial charge is 0.222 e. The maximum Gasteiger partial charge on any atom is 0.222 e. The number of carbonyl (C=O) groups is 1. The van der Waals surface area contributed by atoms with Gasteiger partial charge in [0.1, 0.15) is 0 Å². The van der Waals surface area contributed by atoms with Crippen LogP contribution < -0.4 is 11.1 Å². The van der Waals surface area contributed by atoms with Crippen molar-refractivity contribution in [2.45, 2.75) is 32.4 Å². The summed E-state index contributed by atoms with van der Waals surface area (Å²) >= 11 is 0. The van der Waals surface area contributed by atoms with Crippen LogP contribution in [0.5, 0.6) is 0 Å². The number of hydrogen-bond donors (Lipinski definition) is 2. The van der Waals surface area contributed by atoms with Crippen LogP contribution in [0, 0.1) is 0 Å². The molecule has 2 aromatic rings. The van der Waals surface area contributed by atoms with Gasteiger partial charge in [-0.1, -0.05) is 36.4 Å². The normalized spacial score (nSPS) is 12.0. The molecule has 0 aliphatic carbocycles. The summed E-state index contributed by atoms with van der Waals surface area (Å²) < 4.78 is 5.40. The lowest BCUT2D eigenvalue weighted by Crippen LogP contribution is -2.34. The summed E-state index contributed by atoms with van der Waals surface area (Å²) in [6, 6.07) is 14.1. The van der Waals surface area contributed by atoms with Crippen LogP contribution in [0.1, 0.15) is 31.9 Å². The van der Waals surface area contributed by atoms with Crippen molar-refractivity contribution in [1.82, 2.24) is 5.32 Å². The Morgan fingerprint density at radius 2 is 1.87 bits per heavy atom. The van der Waals surface area contributed by atoms with E-state index in [9.17, 15) is 4.79 Å². The van der Waals surface area contributed by atoms with Crippen LogP contribution in [-0.2, 0) is 9.53 Å². The van der Waals surface area contributed by atoms with Gasteiger partial charge in [-0.25, -0.2) is 0 Å². The first-order valence-corrected chi connectivity index (χ1v) is 7.70. The second-order valence-corrected chi connectivity index (χ2v) is 5.63. The van der Waals surface area contributed by atoms with E-state index in [4.69, 9.17) is 10.5 Å². The maximum absolute atomic E-state index is 12.0. The average molecular weight is 337 g/mol. The molecule has 0 aliphatic heterocycles. The van der Waals surface area contributed by atoms with E-state index < -0.39 is 0 Å². The molecule has 0 spiro atoms. The summed E-state index contributed by atoms with van der Waals surface area (Å²) in [5.41, 5.74) is 6.86. The summed E-state index contributed by atoms with van der Waals surface area (Å²) in [6.07, 6.45) is 0.487. The van der Waals surface area contributed by atoms with Gasteiger partial charge in [0.25, 0.3) is 0 Å². The van der Waals surface area contributed by atoms with E-state index in [0.717, 1.165) is 10.9 Å². The molecule has 2 rings (SSSR count). The minimum absolute atomic E-state index is 0. The number of ether oxygens (including phenoxy) is 1. The number of rotatable bonds is 7. The first-order chi connectivity index (χ1) is 10.6. The Morgan fingerprint density at radius 1 is 1.17 bits per heavy atom. The highest BCUT2D eigenvalue weighted by Gasteiger charge is 2.13. The summed E-state index contributed by atoms with van der Waals surface area (Å²) in [6.45, 7) is 4.71. The van der Waals surface area contributed by atoms with Gasteiger partial charge in [0.15, 0.2) is 0 Å². The van der Waals surface area contributed by atoms with Gasteiger partial charge in [0.05, 0.1) is 18.8 Å². The lowest BCUT2D eigenvalue weighted by molar-refractivity contribution is -0.123. The molecular weight excluding hydrogens is 312 g/mol. The second kappa shape index (κ2) is 9.50. The van der Waals surface area contributed by atoms with E-state index in [1.165, 1.54) is 5.39 Å². The molecule has 1 amide bonds. The first kappa shape index (κ1) is 19.4. The summed E-state index contributed by atoms with van der Waals surface area (Å²) in [5, 5.41) is 5.31. The van der Waals surface area contributed by atoms with Crippen molar-refractivity contribution < 1.29 is 9.53 Å². The van der Waals surface area contributed by atoms with Gasteiger partial charge in [-0.15, -0.1) is 12.4 Å². The molecule has 5 heteroatoms. The Bertz CT molecular complexity index is 631. The van der Waals surface area contributed by atoms with Crippen LogP contribution in [0.15, 0.2) is 42.5 Å². The molecule has 23 heavy (non-hydrogen) atoms. The molecule has 0 saturated carbocycles. The molecule has 4 nitrogen and oxygen atoms in total. The minimum atomic E-state index is -0.170. The number of hydrogen-bond acceptors (Lipinski definition) is 3. The topological polar surface area (TPSA) is 64.3 Å². The molecule has 0 radical (unpaired) electrons. The predicted octanol–water partition coefficient (Wildman–Crippen LogP) is 3.19. The third kappa shape index (κ3) is 5.82. The van der Waals surface area contributed by atoms with Gasteiger partial charge in [-0.3, -0.25) is 4.79 Å². The predicted molar refractivity (Wildman–Crippen MR) is 96.8 cm³/mol. The van der Waals surface area contributed by atoms with Crippen molar-refractivity contribution in [2.75, 3.05) is 13.2 Å². The number of fused-ring (bicyclic) bond motifs is 1. The molecule has 0 bridgehead atoms. The first-order valence-electron chi connectivity index (χ1n) is 7.70. The second-order valence-electron chi connectivity index (χ2n) is 5.63. The molecule has 0 aromatic heterocycles. The van der Waals surface area contributed by atoms with E-state index in [0.29, 0.717) is 19.6 Å². The highest BCUT2D eigenvalue weighted by atomic mass is 35.5. The van der Waals surface area contributed by atoms with Crippen molar-refractivity contribution in [3.8, 4) is 0 Å². The third-order valence-electron chi connectivity index (χ3n) is 3.53. The van der Waals surface area contributed by atoms with Crippen LogP contribution in [0.25, 0.3) is 10.8 Å². The average Bonchev–Trinajstić information content (AvgIpc) is 2.51. The lowest BCUT2D eigenvalue weighted by Gasteiger charge is -2.18. The molecule has 0 heterocycles. The van der Waals surface area contributed by atoms with Gasteiger partial charge in [-0.05, 0) is 36.2 Å². The van der Waals surface area contributed by atoms with Crippen molar-refractivity contribution in [3.05, 3.63) is 48.0 Å². The zero-order chi connectivity index (χ0) is 15.9. The number of carbonyl (C=O) groups excluding carboxylic acids is 1. The van der Waals surface area contributed by atoms with E-state index in [-0.39, 0.29) is 30.5 Å². The number of halogens is 1. The molecule has 3 N–H and O–H groups in total. The maximum atomic E-state index is 12.0. The van der Waals surface area contributed by atoms with Gasteiger partial charge in [0.2, 0.25) is 5.91 Å². The van der Waals surface area contributed by atoms with Crippen molar-refractivity contribution in [2.24, 2.45) is 5.73 Å². The number of benzene rings is 2. The fourth-order valence-electron chi connectivity index (χ4n) is 2.36. The van der Waals surface area contributed by atoms with Crippen LogP contribution in [0.4, 0.5) is 0 Å². The Balaban J connectivity index is 0.00000264. The molecule has 0 fully saturated rings. The van der Waals surface area contributed by atoms with E-state index >= 15 is 0 Å². The lowest BCUT2D eigenvalue weighted by atomic mass is 10.0. The molecule has 0 saturated heterocycles. The Labute approximate surface area is 143 Å². The number of nitrogens with two attached hydrogens (primary N) is 1. The van der Waals surface area contributed by atoms with Gasteiger partial charge < -0.3 is 15.8 Å². The SMILES string of the molecule is CC(C)OCCC(=O)NC(CN)c1ccc2ccccc2c1.Cl. The monoisotopic (exact) mass is 336 g/mol. The van der Waals surface area contributed by atoms with E-state index in [2.05, 4.69) is 29.6 Å². The molecule has 0 aliphatic rings. The summed E-state index contributed by atoms with van der Waals surface area (Å²) in [4.78, 5) is 12.0. The van der Waals surface area contributed by atoms with Crippen LogP contribution in [-0.4, -0.2) is 25.2 Å². The molecule has 1 atom stereocenters. The van der Waals surface area contributed by atoms with Gasteiger partial charge in [0, 0.05) is 13.0 Å². The van der Waals surface area contributed by atoms with E-state index in [1.54, 1.807) is 0 Å². The fraction of sp³-hybridized carbons (Fsp3) is 0.389. The van der Waals surface area contributed by atoms with Gasteiger partial charge >= 0.3 is 0 Å². The van der Waals surface area contributed by atoms with Crippen LogP contribution in [0.3, 0.4) is 0 Å². The van der Waals surface area contributed by atoms with Crippen molar-refractivity contribution >= 4 is 29.1 Å². The fourth-order valence-corrected chi connectivity index (χ4v) is 2.36. The van der Waals surface area contributed by atoms with Crippen molar-refractivity contribution in [3.63, 3.8) is 0 Å². The Hall–Kier alpha value is -1.62. The Kier molecular flexibility index (Phi) is 8.03. The molecule has 126 valence electrons. The van der Waals surface area contributed by atoms with Crippen LogP contribution in [0.2, 0.25) is 0 Å². The number of nitrogens with one attached hydrogen (secondary N) is 1. The Morgan fingerprint density at radius 3 is 2.52 bits per heavy atom. The summed E-state index contributed by atoms with van der Waals surface area (Å²) in [5.74, 6) is -0.0377. The zero-order valence-electron chi connectivity index (χ0n) is 13.6. The van der Waals surface area contributed by atoms with E-state index in [1.807, 2.05) is 32.0 Å². The quantitative estimate of drug-likeness (QED) is 0.816. The summed E-state index contributed by atoms with van der Waals surface area (Å²) in [7, 11) is 0. The minimum Gasteiger partial charge on any atom is -0.378 e. The standard InChI is InChI=1S/C18H24N2O2.ClH/c1-13(2)22-10-9-18(21)20-17(12-19)16-8-7-14-5-3-4-6-15(14)11-16;/h3-8,11,13,17H,9-10,12,19H2,1-2H3,(H,20,21);1H. The zero-order valence-corrected chi connectivity index (χ0v) is 14.4. The number of amides is 1. The molecular formula is C18H25ClN2O2. The largest absolute Gasteiger partial charge is 0.378 e. The molecule has 1 unspecified atom stereocenters. The molecule has 2 aromatic carbocycles.